The molecular weight excluding hydrogens is 981 g/mol. The Morgan fingerprint density at radius 2 is 0.475 bits per heavy atom. The molecule has 6 nitrogen and oxygen atoms in total. The lowest BCUT2D eigenvalue weighted by Gasteiger charge is -2.32. The fourth-order valence-corrected chi connectivity index (χ4v) is 14.3. The van der Waals surface area contributed by atoms with E-state index < -0.39 is 0 Å². The maximum atomic E-state index is 14.9. The molecule has 15 rings (SSSR count). The number of rotatable bonds is 8. The highest BCUT2D eigenvalue weighted by Crippen LogP contribution is 2.50. The summed E-state index contributed by atoms with van der Waals surface area (Å²) < 4.78 is 0. The number of amides is 4. The van der Waals surface area contributed by atoms with Crippen molar-refractivity contribution in [1.29, 1.82) is 0 Å². The lowest BCUT2D eigenvalue weighted by molar-refractivity contribution is 0.0877. The maximum Gasteiger partial charge on any atom is 0.266 e. The van der Waals surface area contributed by atoms with Crippen molar-refractivity contribution < 1.29 is 19.2 Å². The molecule has 0 fully saturated rings. The second-order valence-electron chi connectivity index (χ2n) is 23.6. The summed E-state index contributed by atoms with van der Waals surface area (Å²) in [6, 6.07) is 59.1. The number of nitrogens with zero attached hydrogens (tertiary/aromatic N) is 2. The average molecular weight is 1040 g/mol. The minimum Gasteiger partial charge on any atom is -0.268 e. The minimum absolute atomic E-state index is 0.113. The Hall–Kier alpha value is -9.26. The number of benzene rings is 13. The van der Waals surface area contributed by atoms with Gasteiger partial charge in [0.1, 0.15) is 0 Å². The molecule has 0 aromatic heterocycles. The standard InChI is InChI=1S/C74H56N2O4/c1-37(2)43-13-9-14-44(38(3)4)69(43)75-71(77)59-33-29-55-51-19-11-17-49-47(25-27-53(63(49)51)57-31-35-61(73(75)79)67(59)65(55)57)41-21-23-42(24-22-41)48-26-28-54-58-32-36-62-68-60(34-30-56(66(58)68)52-20-12-18-50(48)64(52)54)72(78)76(74(62)80)70-45(39(5)6)15-10-16-46(70)40(7)8/h9-40H,1-8H3. The van der Waals surface area contributed by atoms with Gasteiger partial charge in [-0.1, -0.05) is 201 Å². The molecule has 0 radical (unpaired) electrons. The number of carbonyl (C=O) groups is 4. The first-order valence-electron chi connectivity index (χ1n) is 28.2. The van der Waals surface area contributed by atoms with Gasteiger partial charge in [-0.2, -0.15) is 0 Å². The van der Waals surface area contributed by atoms with Crippen LogP contribution in [0.2, 0.25) is 0 Å². The van der Waals surface area contributed by atoms with Gasteiger partial charge in [-0.05, 0) is 168 Å². The van der Waals surface area contributed by atoms with E-state index in [1.165, 1.54) is 9.80 Å². The SMILES string of the molecule is CC(C)c1cccc(C(C)C)c1N1C(=O)c2ccc3c4cccc5c(-c6ccc(-c7ccc8c9ccc%10c%11c(ccc(c%12cccc7c%128)c%119)C(=O)N(c7c(C(C)C)cccc7C(C)C)C%10=O)cc6)ccc(c6ccc(c2c36)C1=O)c54. The molecule has 0 spiro atoms. The van der Waals surface area contributed by atoms with E-state index in [4.69, 9.17) is 0 Å². The Bertz CT molecular complexity index is 4420. The predicted octanol–water partition coefficient (Wildman–Crippen LogP) is 19.2. The second-order valence-corrected chi connectivity index (χ2v) is 23.6. The summed E-state index contributed by atoms with van der Waals surface area (Å²) in [6.45, 7) is 16.9. The monoisotopic (exact) mass is 1040 g/mol. The third-order valence-electron chi connectivity index (χ3n) is 17.9. The Balaban J connectivity index is 0.820. The molecule has 2 heterocycles. The van der Waals surface area contributed by atoms with Gasteiger partial charge in [-0.25, -0.2) is 9.80 Å². The Labute approximate surface area is 463 Å². The first kappa shape index (κ1) is 47.9. The van der Waals surface area contributed by atoms with Gasteiger partial charge in [-0.15, -0.1) is 0 Å². The summed E-state index contributed by atoms with van der Waals surface area (Å²) in [4.78, 5) is 62.3. The Kier molecular flexibility index (Phi) is 10.3. The highest BCUT2D eigenvalue weighted by atomic mass is 16.2. The summed E-state index contributed by atoms with van der Waals surface area (Å²) >= 11 is 0. The predicted molar refractivity (Wildman–Crippen MR) is 331 cm³/mol. The van der Waals surface area contributed by atoms with Gasteiger partial charge in [0.2, 0.25) is 0 Å². The zero-order chi connectivity index (χ0) is 54.9. The summed E-state index contributed by atoms with van der Waals surface area (Å²) in [5.74, 6) is -0.673. The van der Waals surface area contributed by atoms with Crippen LogP contribution >= 0.6 is 0 Å². The van der Waals surface area contributed by atoms with Crippen molar-refractivity contribution in [3.05, 3.63) is 214 Å². The van der Waals surface area contributed by atoms with Gasteiger partial charge in [-0.3, -0.25) is 19.2 Å². The van der Waals surface area contributed by atoms with Crippen molar-refractivity contribution in [2.45, 2.75) is 79.1 Å². The van der Waals surface area contributed by atoms with E-state index >= 15 is 0 Å². The maximum absolute atomic E-state index is 14.9. The van der Waals surface area contributed by atoms with Crippen LogP contribution in [0.15, 0.2) is 170 Å². The Morgan fingerprint density at radius 3 is 0.762 bits per heavy atom. The summed E-state index contributed by atoms with van der Waals surface area (Å²) in [5, 5.41) is 16.4. The van der Waals surface area contributed by atoms with Gasteiger partial charge >= 0.3 is 0 Å². The molecule has 0 bridgehead atoms. The van der Waals surface area contributed by atoms with Crippen LogP contribution in [-0.2, 0) is 0 Å². The van der Waals surface area contributed by atoms with Crippen LogP contribution in [0.4, 0.5) is 11.4 Å². The van der Waals surface area contributed by atoms with Crippen LogP contribution in [-0.4, -0.2) is 23.6 Å². The van der Waals surface area contributed by atoms with Crippen LogP contribution < -0.4 is 9.80 Å². The highest BCUT2D eigenvalue weighted by molar-refractivity contribution is 6.44. The number of hydrogen-bond donors (Lipinski definition) is 0. The van der Waals surface area contributed by atoms with E-state index in [0.29, 0.717) is 33.6 Å². The molecule has 13 aromatic rings. The zero-order valence-electron chi connectivity index (χ0n) is 46.0. The van der Waals surface area contributed by atoms with Crippen LogP contribution in [0, 0.1) is 0 Å². The quantitative estimate of drug-likeness (QED) is 0.0863. The number of para-hydroxylation sites is 2. The molecule has 386 valence electrons. The van der Waals surface area contributed by atoms with E-state index in [-0.39, 0.29) is 47.3 Å². The van der Waals surface area contributed by atoms with E-state index in [0.717, 1.165) is 131 Å². The average Bonchev–Trinajstić information content (AvgIpc) is 3.51. The molecule has 2 aliphatic rings. The highest BCUT2D eigenvalue weighted by Gasteiger charge is 2.40. The molecule has 6 heteroatoms. The number of hydrogen-bond acceptors (Lipinski definition) is 4. The van der Waals surface area contributed by atoms with Gasteiger partial charge in [0.15, 0.2) is 0 Å². The molecule has 0 N–H and O–H groups in total. The second kappa shape index (κ2) is 17.1. The topological polar surface area (TPSA) is 74.8 Å². The molecule has 0 atom stereocenters. The van der Waals surface area contributed by atoms with Crippen molar-refractivity contribution >= 4 is 121 Å². The van der Waals surface area contributed by atoms with Gasteiger partial charge in [0, 0.05) is 33.0 Å². The number of anilines is 2. The third kappa shape index (κ3) is 6.36. The lowest BCUT2D eigenvalue weighted by Crippen LogP contribution is -2.41. The van der Waals surface area contributed by atoms with Gasteiger partial charge < -0.3 is 0 Å². The first-order chi connectivity index (χ1) is 38.7. The molecule has 2 aliphatic heterocycles. The van der Waals surface area contributed by atoms with Gasteiger partial charge in [0.05, 0.1) is 11.4 Å². The van der Waals surface area contributed by atoms with Crippen molar-refractivity contribution in [1.82, 2.24) is 0 Å². The van der Waals surface area contributed by atoms with E-state index in [1.54, 1.807) is 0 Å². The van der Waals surface area contributed by atoms with Crippen molar-refractivity contribution in [3.63, 3.8) is 0 Å². The van der Waals surface area contributed by atoms with Crippen molar-refractivity contribution in [3.8, 4) is 22.3 Å². The van der Waals surface area contributed by atoms with Crippen LogP contribution in [0.25, 0.3) is 108 Å². The summed E-state index contributed by atoms with van der Waals surface area (Å²) in [7, 11) is 0. The largest absolute Gasteiger partial charge is 0.268 e. The molecule has 13 aromatic carbocycles. The zero-order valence-corrected chi connectivity index (χ0v) is 46.0. The van der Waals surface area contributed by atoms with Crippen LogP contribution in [0.5, 0.6) is 0 Å². The number of imide groups is 2. The minimum atomic E-state index is -0.281. The fraction of sp³-hybridized carbons (Fsp3) is 0.162. The smallest absolute Gasteiger partial charge is 0.266 e. The molecule has 0 saturated heterocycles. The molecule has 0 unspecified atom stereocenters. The molecule has 0 saturated carbocycles. The molecule has 80 heavy (non-hydrogen) atoms. The number of carbonyl (C=O) groups excluding carboxylic acids is 4. The molecular formula is C74H56N2O4. The number of fused-ring (bicyclic) bond motifs is 4. The molecule has 0 aliphatic carbocycles. The Morgan fingerprint density at radius 1 is 0.237 bits per heavy atom. The summed E-state index contributed by atoms with van der Waals surface area (Å²) in [6.07, 6.45) is 0. The van der Waals surface area contributed by atoms with E-state index in [1.807, 2.05) is 60.7 Å². The fourth-order valence-electron chi connectivity index (χ4n) is 14.3. The normalized spacial score (nSPS) is 14.0. The van der Waals surface area contributed by atoms with Crippen molar-refractivity contribution in [2.24, 2.45) is 0 Å². The lowest BCUT2D eigenvalue weighted by atomic mass is 9.82. The first-order valence-corrected chi connectivity index (χ1v) is 28.2. The van der Waals surface area contributed by atoms with E-state index in [9.17, 15) is 19.2 Å². The van der Waals surface area contributed by atoms with Crippen LogP contribution in [0.1, 0.15) is 143 Å². The summed E-state index contributed by atoms with van der Waals surface area (Å²) in [5.41, 5.74) is 12.0. The molecule has 4 amide bonds. The van der Waals surface area contributed by atoms with Crippen LogP contribution in [0.3, 0.4) is 0 Å². The van der Waals surface area contributed by atoms with Gasteiger partial charge in [0.25, 0.3) is 23.6 Å². The van der Waals surface area contributed by atoms with E-state index in [2.05, 4.69) is 165 Å². The third-order valence-corrected chi connectivity index (χ3v) is 17.9. The van der Waals surface area contributed by atoms with Crippen molar-refractivity contribution in [2.75, 3.05) is 9.80 Å².